The van der Waals surface area contributed by atoms with Crippen molar-refractivity contribution in [3.8, 4) is 5.75 Å². The van der Waals surface area contributed by atoms with Crippen molar-refractivity contribution in [1.29, 1.82) is 0 Å². The maximum atomic E-state index is 5.77. The Hall–Kier alpha value is -2.52. The lowest BCUT2D eigenvalue weighted by Gasteiger charge is -2.20. The number of benzene rings is 2. The Labute approximate surface area is 148 Å². The fraction of sp³-hybridized carbons (Fsp3) is 0.273. The number of aromatic nitrogens is 1. The molecule has 0 radical (unpaired) electrons. The van der Waals surface area contributed by atoms with Gasteiger partial charge in [0.2, 0.25) is 0 Å². The number of hydrogen-bond donors (Lipinski definition) is 1. The molecule has 1 aliphatic heterocycles. The van der Waals surface area contributed by atoms with E-state index in [0.717, 1.165) is 31.8 Å². The molecule has 128 valence electrons. The largest absolute Gasteiger partial charge is 0.489 e. The number of H-pyrrole nitrogens is 1. The maximum absolute atomic E-state index is 5.77. The van der Waals surface area contributed by atoms with Crippen LogP contribution >= 0.6 is 0 Å². The number of aromatic amines is 1. The summed E-state index contributed by atoms with van der Waals surface area (Å²) in [6, 6.07) is 14.9. The third-order valence-corrected chi connectivity index (χ3v) is 4.94. The molecule has 0 bridgehead atoms. The second-order valence-electron chi connectivity index (χ2n) is 6.53. The van der Waals surface area contributed by atoms with Crippen LogP contribution in [0, 0.1) is 0 Å². The lowest BCUT2D eigenvalue weighted by atomic mass is 10.0. The average Bonchev–Trinajstić information content (AvgIpc) is 3.09. The number of rotatable bonds is 6. The Morgan fingerprint density at radius 2 is 2.00 bits per heavy atom. The quantitative estimate of drug-likeness (QED) is 0.712. The first kappa shape index (κ1) is 16.0. The first-order valence-corrected chi connectivity index (χ1v) is 9.03. The Kier molecular flexibility index (Phi) is 4.57. The third-order valence-electron chi connectivity index (χ3n) is 4.94. The van der Waals surface area contributed by atoms with Crippen molar-refractivity contribution in [2.24, 2.45) is 0 Å². The summed E-state index contributed by atoms with van der Waals surface area (Å²) in [7, 11) is 0. The van der Waals surface area contributed by atoms with Gasteiger partial charge in [-0.05, 0) is 42.3 Å². The van der Waals surface area contributed by atoms with E-state index in [-0.39, 0.29) is 0 Å². The molecule has 2 heterocycles. The van der Waals surface area contributed by atoms with Gasteiger partial charge in [0.25, 0.3) is 0 Å². The standard InChI is InChI=1S/C22H24N2O/c1-2-24(16-17-7-4-3-5-8-17)13-12-18-15-23-20-10-11-21-19(22(18)20)9-6-14-25-21/h3-11,15,23H,2,12-14,16H2,1H3. The lowest BCUT2D eigenvalue weighted by Crippen LogP contribution is -2.25. The summed E-state index contributed by atoms with van der Waals surface area (Å²) in [6.45, 7) is 6.00. The number of hydrogen-bond acceptors (Lipinski definition) is 2. The average molecular weight is 332 g/mol. The van der Waals surface area contributed by atoms with E-state index in [9.17, 15) is 0 Å². The van der Waals surface area contributed by atoms with E-state index in [4.69, 9.17) is 4.74 Å². The van der Waals surface area contributed by atoms with Gasteiger partial charge in [-0.3, -0.25) is 4.90 Å². The van der Waals surface area contributed by atoms with E-state index in [1.807, 2.05) is 0 Å². The van der Waals surface area contributed by atoms with Gasteiger partial charge in [0.15, 0.2) is 0 Å². The molecule has 4 rings (SSSR count). The third kappa shape index (κ3) is 3.33. The minimum atomic E-state index is 0.666. The van der Waals surface area contributed by atoms with Crippen LogP contribution in [0.5, 0.6) is 5.75 Å². The van der Waals surface area contributed by atoms with Crippen molar-refractivity contribution < 1.29 is 4.74 Å². The highest BCUT2D eigenvalue weighted by Crippen LogP contribution is 2.33. The van der Waals surface area contributed by atoms with Gasteiger partial charge in [-0.15, -0.1) is 0 Å². The zero-order valence-corrected chi connectivity index (χ0v) is 14.7. The van der Waals surface area contributed by atoms with E-state index in [0.29, 0.717) is 6.61 Å². The summed E-state index contributed by atoms with van der Waals surface area (Å²) in [5, 5.41) is 1.31. The molecular formula is C22H24N2O. The number of ether oxygens (including phenoxy) is 1. The molecule has 3 aromatic rings. The summed E-state index contributed by atoms with van der Waals surface area (Å²) in [4.78, 5) is 5.92. The molecule has 0 aliphatic carbocycles. The van der Waals surface area contributed by atoms with Crippen molar-refractivity contribution in [3.05, 3.63) is 71.4 Å². The van der Waals surface area contributed by atoms with Gasteiger partial charge in [-0.25, -0.2) is 0 Å². The van der Waals surface area contributed by atoms with Gasteiger partial charge in [-0.2, -0.15) is 0 Å². The molecule has 0 fully saturated rings. The van der Waals surface area contributed by atoms with Crippen LogP contribution in [0.4, 0.5) is 0 Å². The first-order chi connectivity index (χ1) is 12.3. The Bertz CT molecular complexity index is 880. The number of nitrogens with zero attached hydrogens (tertiary/aromatic N) is 1. The van der Waals surface area contributed by atoms with E-state index in [2.05, 4.69) is 77.6 Å². The summed E-state index contributed by atoms with van der Waals surface area (Å²) in [5.74, 6) is 0.993. The molecule has 1 aromatic heterocycles. The molecule has 0 atom stereocenters. The van der Waals surface area contributed by atoms with Crippen LogP contribution in [-0.4, -0.2) is 29.6 Å². The van der Waals surface area contributed by atoms with Crippen LogP contribution in [0.25, 0.3) is 17.0 Å². The summed E-state index contributed by atoms with van der Waals surface area (Å²) in [6.07, 6.45) is 7.47. The topological polar surface area (TPSA) is 28.3 Å². The van der Waals surface area contributed by atoms with Crippen LogP contribution in [-0.2, 0) is 13.0 Å². The number of likely N-dealkylation sites (N-methyl/N-ethyl adjacent to an activating group) is 1. The molecule has 0 unspecified atom stereocenters. The zero-order chi connectivity index (χ0) is 17.1. The number of fused-ring (bicyclic) bond motifs is 3. The minimum absolute atomic E-state index is 0.666. The van der Waals surface area contributed by atoms with Crippen LogP contribution < -0.4 is 4.74 Å². The van der Waals surface area contributed by atoms with Gasteiger partial charge < -0.3 is 9.72 Å². The highest BCUT2D eigenvalue weighted by Gasteiger charge is 2.15. The molecular weight excluding hydrogens is 308 g/mol. The van der Waals surface area contributed by atoms with Gasteiger partial charge >= 0.3 is 0 Å². The van der Waals surface area contributed by atoms with Crippen LogP contribution in [0.1, 0.15) is 23.6 Å². The molecule has 25 heavy (non-hydrogen) atoms. The van der Waals surface area contributed by atoms with Crippen molar-refractivity contribution >= 4 is 17.0 Å². The molecule has 1 N–H and O–H groups in total. The molecule has 3 nitrogen and oxygen atoms in total. The van der Waals surface area contributed by atoms with Crippen LogP contribution in [0.2, 0.25) is 0 Å². The summed E-state index contributed by atoms with van der Waals surface area (Å²) in [5.41, 5.74) is 5.15. The van der Waals surface area contributed by atoms with Gasteiger partial charge in [-0.1, -0.05) is 43.3 Å². The highest BCUT2D eigenvalue weighted by molar-refractivity contribution is 5.94. The predicted octanol–water partition coefficient (Wildman–Crippen LogP) is 4.64. The maximum Gasteiger partial charge on any atom is 0.127 e. The second-order valence-corrected chi connectivity index (χ2v) is 6.53. The van der Waals surface area contributed by atoms with Crippen molar-refractivity contribution in [2.45, 2.75) is 19.9 Å². The second kappa shape index (κ2) is 7.16. The molecule has 0 spiro atoms. The van der Waals surface area contributed by atoms with Gasteiger partial charge in [0.1, 0.15) is 12.4 Å². The molecule has 0 amide bonds. The van der Waals surface area contributed by atoms with Crippen molar-refractivity contribution in [1.82, 2.24) is 9.88 Å². The smallest absolute Gasteiger partial charge is 0.127 e. The van der Waals surface area contributed by atoms with Crippen LogP contribution in [0.3, 0.4) is 0 Å². The SMILES string of the molecule is CCN(CCc1c[nH]c2ccc3c(c12)C=CCO3)Cc1ccccc1. The van der Waals surface area contributed by atoms with Crippen LogP contribution in [0.15, 0.2) is 54.7 Å². The van der Waals surface area contributed by atoms with Gasteiger partial charge in [0, 0.05) is 35.8 Å². The van der Waals surface area contributed by atoms with E-state index < -0.39 is 0 Å². The van der Waals surface area contributed by atoms with E-state index >= 15 is 0 Å². The Morgan fingerprint density at radius 3 is 2.84 bits per heavy atom. The fourth-order valence-corrected chi connectivity index (χ4v) is 3.57. The molecule has 0 saturated carbocycles. The minimum Gasteiger partial charge on any atom is -0.489 e. The van der Waals surface area contributed by atoms with Crippen molar-refractivity contribution in [3.63, 3.8) is 0 Å². The molecule has 2 aromatic carbocycles. The summed E-state index contributed by atoms with van der Waals surface area (Å²) < 4.78 is 5.77. The Morgan fingerprint density at radius 1 is 1.12 bits per heavy atom. The van der Waals surface area contributed by atoms with Gasteiger partial charge in [0.05, 0.1) is 0 Å². The highest BCUT2D eigenvalue weighted by atomic mass is 16.5. The summed E-state index contributed by atoms with van der Waals surface area (Å²) >= 11 is 0. The molecule has 3 heteroatoms. The predicted molar refractivity (Wildman–Crippen MR) is 104 cm³/mol. The fourth-order valence-electron chi connectivity index (χ4n) is 3.57. The first-order valence-electron chi connectivity index (χ1n) is 9.03. The van der Waals surface area contributed by atoms with E-state index in [1.54, 1.807) is 0 Å². The molecule has 1 aliphatic rings. The lowest BCUT2D eigenvalue weighted by molar-refractivity contribution is 0.284. The number of nitrogens with one attached hydrogen (secondary N) is 1. The van der Waals surface area contributed by atoms with E-state index in [1.165, 1.54) is 27.6 Å². The van der Waals surface area contributed by atoms with Crippen molar-refractivity contribution in [2.75, 3.05) is 19.7 Å². The molecule has 0 saturated heterocycles. The monoisotopic (exact) mass is 332 g/mol. The normalized spacial score (nSPS) is 13.2. The zero-order valence-electron chi connectivity index (χ0n) is 14.7. The Balaban J connectivity index is 1.54.